The smallest absolute Gasteiger partial charge is 0.261 e. The molecule has 1 unspecified atom stereocenters. The molecule has 2 N–H and O–H groups in total. The van der Waals surface area contributed by atoms with Crippen molar-refractivity contribution in [2.75, 3.05) is 6.54 Å². The largest absolute Gasteiger partial charge is 0.473 e. The minimum atomic E-state index is -0.657. The number of hydrogen-bond donors (Lipinski definition) is 2. The van der Waals surface area contributed by atoms with Crippen molar-refractivity contribution in [3.63, 3.8) is 0 Å². The maximum absolute atomic E-state index is 11.6. The lowest BCUT2D eigenvalue weighted by molar-refractivity contribution is -0.127. The Morgan fingerprint density at radius 2 is 2.28 bits per heavy atom. The minimum Gasteiger partial charge on any atom is -0.473 e. The first-order chi connectivity index (χ1) is 8.70. The number of aliphatic hydroxyl groups is 1. The summed E-state index contributed by atoms with van der Waals surface area (Å²) in [5.74, 6) is -0.0509. The fourth-order valence-electron chi connectivity index (χ4n) is 1.78. The van der Waals surface area contributed by atoms with Gasteiger partial charge in [-0.25, -0.2) is 0 Å². The molecule has 0 aliphatic carbocycles. The van der Waals surface area contributed by atoms with Crippen molar-refractivity contribution in [1.29, 1.82) is 0 Å². The SMILES string of the molecule is O=C1NCCCCC1Oc1coc(CO)cc1=O. The van der Waals surface area contributed by atoms with Crippen LogP contribution in [0.3, 0.4) is 0 Å². The molecule has 6 nitrogen and oxygen atoms in total. The second-order valence-electron chi connectivity index (χ2n) is 4.13. The Labute approximate surface area is 104 Å². The fourth-order valence-corrected chi connectivity index (χ4v) is 1.78. The molecule has 1 amide bonds. The van der Waals surface area contributed by atoms with Crippen LogP contribution in [0.4, 0.5) is 0 Å². The summed E-state index contributed by atoms with van der Waals surface area (Å²) in [5, 5.41) is 11.5. The predicted octanol–water partition coefficient (Wildman–Crippen LogP) is 0.180. The van der Waals surface area contributed by atoms with E-state index in [1.54, 1.807) is 0 Å². The van der Waals surface area contributed by atoms with Gasteiger partial charge in [0.2, 0.25) is 11.2 Å². The zero-order chi connectivity index (χ0) is 13.0. The highest BCUT2D eigenvalue weighted by Crippen LogP contribution is 2.13. The number of rotatable bonds is 3. The van der Waals surface area contributed by atoms with Crippen molar-refractivity contribution in [2.45, 2.75) is 32.0 Å². The summed E-state index contributed by atoms with van der Waals surface area (Å²) >= 11 is 0. The summed E-state index contributed by atoms with van der Waals surface area (Å²) in [7, 11) is 0. The summed E-state index contributed by atoms with van der Waals surface area (Å²) in [6.07, 6.45) is 2.82. The zero-order valence-corrected chi connectivity index (χ0v) is 9.85. The third-order valence-electron chi connectivity index (χ3n) is 2.76. The van der Waals surface area contributed by atoms with Gasteiger partial charge in [0.1, 0.15) is 18.6 Å². The molecule has 98 valence electrons. The fraction of sp³-hybridized carbons (Fsp3) is 0.500. The highest BCUT2D eigenvalue weighted by atomic mass is 16.5. The van der Waals surface area contributed by atoms with Gasteiger partial charge in [0.05, 0.1) is 0 Å². The van der Waals surface area contributed by atoms with Gasteiger partial charge in [0.15, 0.2) is 6.10 Å². The molecular weight excluding hydrogens is 238 g/mol. The summed E-state index contributed by atoms with van der Waals surface area (Å²) in [6.45, 7) is 0.288. The van der Waals surface area contributed by atoms with Crippen molar-refractivity contribution in [2.24, 2.45) is 0 Å². The molecule has 1 atom stereocenters. The minimum absolute atomic E-state index is 0.00532. The lowest BCUT2D eigenvalue weighted by Gasteiger charge is -2.14. The second-order valence-corrected chi connectivity index (χ2v) is 4.13. The molecule has 0 bridgehead atoms. The highest BCUT2D eigenvalue weighted by Gasteiger charge is 2.23. The summed E-state index contributed by atoms with van der Waals surface area (Å²) in [4.78, 5) is 23.3. The summed E-state index contributed by atoms with van der Waals surface area (Å²) in [6, 6.07) is 1.16. The van der Waals surface area contributed by atoms with Gasteiger partial charge in [-0.2, -0.15) is 0 Å². The molecule has 0 spiro atoms. The van der Waals surface area contributed by atoms with Crippen molar-refractivity contribution in [3.8, 4) is 5.75 Å². The Morgan fingerprint density at radius 3 is 3.00 bits per heavy atom. The Balaban J connectivity index is 2.12. The number of amides is 1. The number of hydrogen-bond acceptors (Lipinski definition) is 5. The lowest BCUT2D eigenvalue weighted by Crippen LogP contribution is -2.37. The van der Waals surface area contributed by atoms with Crippen LogP contribution in [0.2, 0.25) is 0 Å². The van der Waals surface area contributed by atoms with Crippen LogP contribution >= 0.6 is 0 Å². The van der Waals surface area contributed by atoms with Crippen molar-refractivity contribution < 1.29 is 19.1 Å². The molecule has 0 aromatic carbocycles. The molecule has 0 saturated carbocycles. The van der Waals surface area contributed by atoms with E-state index in [0.717, 1.165) is 25.2 Å². The van der Waals surface area contributed by atoms with Crippen molar-refractivity contribution in [1.82, 2.24) is 5.32 Å². The van der Waals surface area contributed by atoms with E-state index in [9.17, 15) is 9.59 Å². The van der Waals surface area contributed by atoms with E-state index in [-0.39, 0.29) is 24.0 Å². The molecule has 1 aromatic heterocycles. The van der Waals surface area contributed by atoms with Crippen molar-refractivity contribution in [3.05, 3.63) is 28.3 Å². The first-order valence-corrected chi connectivity index (χ1v) is 5.87. The number of carbonyl (C=O) groups excluding carboxylic acids is 1. The molecule has 6 heteroatoms. The van der Waals surface area contributed by atoms with E-state index in [1.807, 2.05) is 0 Å². The molecule has 1 saturated heterocycles. The van der Waals surface area contributed by atoms with Crippen LogP contribution in [-0.2, 0) is 11.4 Å². The quantitative estimate of drug-likeness (QED) is 0.802. The molecule has 1 aliphatic rings. The summed E-state index contributed by atoms with van der Waals surface area (Å²) in [5.41, 5.74) is -0.401. The first-order valence-electron chi connectivity index (χ1n) is 5.87. The van der Waals surface area contributed by atoms with E-state index in [4.69, 9.17) is 14.3 Å². The number of carbonyl (C=O) groups is 1. The van der Waals surface area contributed by atoms with Crippen molar-refractivity contribution >= 4 is 5.91 Å². The van der Waals surface area contributed by atoms with Crippen LogP contribution in [-0.4, -0.2) is 23.7 Å². The van der Waals surface area contributed by atoms with Gasteiger partial charge < -0.3 is 19.6 Å². The van der Waals surface area contributed by atoms with Gasteiger partial charge in [-0.1, -0.05) is 0 Å². The predicted molar refractivity (Wildman–Crippen MR) is 62.2 cm³/mol. The molecule has 2 rings (SSSR count). The third-order valence-corrected chi connectivity index (χ3v) is 2.76. The number of ether oxygens (including phenoxy) is 1. The standard InChI is InChI=1S/C12H15NO5/c14-6-8-5-9(15)11(7-17-8)18-10-3-1-2-4-13-12(10)16/h5,7,10,14H,1-4,6H2,(H,13,16). The highest BCUT2D eigenvalue weighted by molar-refractivity contribution is 5.81. The Kier molecular flexibility index (Phi) is 3.99. The van der Waals surface area contributed by atoms with Gasteiger partial charge in [-0.05, 0) is 19.3 Å². The van der Waals surface area contributed by atoms with Crippen LogP contribution < -0.4 is 15.5 Å². The third kappa shape index (κ3) is 2.89. The van der Waals surface area contributed by atoms with Gasteiger partial charge in [0, 0.05) is 12.6 Å². The Morgan fingerprint density at radius 1 is 1.44 bits per heavy atom. The maximum Gasteiger partial charge on any atom is 0.261 e. The van der Waals surface area contributed by atoms with E-state index < -0.39 is 11.5 Å². The zero-order valence-electron chi connectivity index (χ0n) is 9.85. The van der Waals surface area contributed by atoms with E-state index >= 15 is 0 Å². The summed E-state index contributed by atoms with van der Waals surface area (Å²) < 4.78 is 10.4. The van der Waals surface area contributed by atoms with E-state index in [0.29, 0.717) is 13.0 Å². The van der Waals surface area contributed by atoms with E-state index in [1.165, 1.54) is 0 Å². The van der Waals surface area contributed by atoms with Crippen LogP contribution in [0.15, 0.2) is 21.5 Å². The lowest BCUT2D eigenvalue weighted by atomic mass is 10.2. The molecule has 0 radical (unpaired) electrons. The normalized spacial score (nSPS) is 20.1. The average molecular weight is 253 g/mol. The number of aliphatic hydroxyl groups excluding tert-OH is 1. The Bertz CT molecular complexity index is 482. The molecule has 1 fully saturated rings. The Hall–Kier alpha value is -1.82. The van der Waals surface area contributed by atoms with Gasteiger partial charge in [0.25, 0.3) is 5.91 Å². The average Bonchev–Trinajstić information content (AvgIpc) is 2.57. The molecule has 1 aromatic rings. The molecule has 18 heavy (non-hydrogen) atoms. The second kappa shape index (κ2) is 5.68. The van der Waals surface area contributed by atoms with E-state index in [2.05, 4.69) is 5.32 Å². The van der Waals surface area contributed by atoms with Crippen LogP contribution in [0.1, 0.15) is 25.0 Å². The van der Waals surface area contributed by atoms with Crippen LogP contribution in [0.5, 0.6) is 5.75 Å². The first kappa shape index (κ1) is 12.6. The molecular formula is C12H15NO5. The molecule has 2 heterocycles. The number of nitrogens with one attached hydrogen (secondary N) is 1. The monoisotopic (exact) mass is 253 g/mol. The van der Waals surface area contributed by atoms with Crippen LogP contribution in [0, 0.1) is 0 Å². The maximum atomic E-state index is 11.6. The molecule has 1 aliphatic heterocycles. The van der Waals surface area contributed by atoms with Crippen LogP contribution in [0.25, 0.3) is 0 Å². The topological polar surface area (TPSA) is 88.8 Å². The van der Waals surface area contributed by atoms with Gasteiger partial charge >= 0.3 is 0 Å². The van der Waals surface area contributed by atoms with Gasteiger partial charge in [-0.3, -0.25) is 9.59 Å². The van der Waals surface area contributed by atoms with Gasteiger partial charge in [-0.15, -0.1) is 0 Å².